The van der Waals surface area contributed by atoms with E-state index in [2.05, 4.69) is 5.32 Å². The lowest BCUT2D eigenvalue weighted by molar-refractivity contribution is -0.384. The molecule has 156 valence electrons. The fourth-order valence-electron chi connectivity index (χ4n) is 3.12. The van der Waals surface area contributed by atoms with Crippen LogP contribution >= 0.6 is 0 Å². The molecule has 0 atom stereocenters. The number of nitro benzene ring substituents is 1. The van der Waals surface area contributed by atoms with Crippen molar-refractivity contribution in [2.45, 2.75) is 12.7 Å². The van der Waals surface area contributed by atoms with Gasteiger partial charge in [-0.05, 0) is 24.3 Å². The number of rotatable bonds is 6. The number of carbonyl (C=O) groups excluding carboxylic acids is 1. The zero-order valence-corrected chi connectivity index (χ0v) is 15.3. The molecule has 1 aliphatic rings. The highest BCUT2D eigenvalue weighted by molar-refractivity contribution is 5.78. The molecule has 0 aliphatic carbocycles. The van der Waals surface area contributed by atoms with Crippen LogP contribution in [0.2, 0.25) is 0 Å². The Hall–Kier alpha value is -3.08. The number of piperazine rings is 1. The Balaban J connectivity index is 1.57. The van der Waals surface area contributed by atoms with E-state index in [0.717, 1.165) is 12.1 Å². The number of amides is 1. The van der Waals surface area contributed by atoms with Crippen molar-refractivity contribution in [3.05, 3.63) is 58.0 Å². The molecule has 0 saturated carbocycles. The maximum atomic E-state index is 12.8. The van der Waals surface area contributed by atoms with E-state index >= 15 is 0 Å². The largest absolute Gasteiger partial charge is 0.467 e. The molecule has 1 fully saturated rings. The van der Waals surface area contributed by atoms with Crippen LogP contribution in [-0.4, -0.2) is 48.5 Å². The van der Waals surface area contributed by atoms with E-state index in [0.29, 0.717) is 38.0 Å². The lowest BCUT2D eigenvalue weighted by Crippen LogP contribution is -2.49. The highest BCUT2D eigenvalue weighted by atomic mass is 19.4. The first-order valence-corrected chi connectivity index (χ1v) is 8.86. The second-order valence-electron chi connectivity index (χ2n) is 6.58. The first-order valence-electron chi connectivity index (χ1n) is 8.86. The van der Waals surface area contributed by atoms with E-state index in [1.54, 1.807) is 17.0 Å². The molecular formula is C18H19F3N4O4. The van der Waals surface area contributed by atoms with E-state index in [1.807, 2.05) is 4.90 Å². The van der Waals surface area contributed by atoms with Crippen LogP contribution in [0.4, 0.5) is 24.5 Å². The van der Waals surface area contributed by atoms with Gasteiger partial charge in [-0.3, -0.25) is 19.8 Å². The van der Waals surface area contributed by atoms with Crippen LogP contribution in [0.25, 0.3) is 0 Å². The van der Waals surface area contributed by atoms with Crippen LogP contribution in [0, 0.1) is 10.1 Å². The lowest BCUT2D eigenvalue weighted by Gasteiger charge is -2.35. The highest BCUT2D eigenvalue weighted by Gasteiger charge is 2.34. The number of nitrogens with zero attached hydrogens (tertiary/aromatic N) is 3. The molecule has 1 aromatic carbocycles. The number of furan rings is 1. The molecule has 29 heavy (non-hydrogen) atoms. The van der Waals surface area contributed by atoms with E-state index in [9.17, 15) is 28.1 Å². The van der Waals surface area contributed by atoms with Crippen molar-refractivity contribution >= 4 is 17.3 Å². The molecule has 0 bridgehead atoms. The number of benzene rings is 1. The number of nitro groups is 1. The van der Waals surface area contributed by atoms with E-state index < -0.39 is 22.4 Å². The van der Waals surface area contributed by atoms with Crippen LogP contribution in [0.15, 0.2) is 41.0 Å². The number of halogens is 3. The summed E-state index contributed by atoms with van der Waals surface area (Å²) < 4.78 is 43.7. The topological polar surface area (TPSA) is 91.9 Å². The summed E-state index contributed by atoms with van der Waals surface area (Å²) in [7, 11) is 0. The fourth-order valence-corrected chi connectivity index (χ4v) is 3.12. The third-order valence-corrected chi connectivity index (χ3v) is 4.62. The fraction of sp³-hybridized carbons (Fsp3) is 0.389. The number of hydrogen-bond acceptors (Lipinski definition) is 6. The molecule has 2 heterocycles. The average Bonchev–Trinajstić information content (AvgIpc) is 3.19. The predicted octanol–water partition coefficient (Wildman–Crippen LogP) is 2.65. The van der Waals surface area contributed by atoms with Crippen molar-refractivity contribution in [1.29, 1.82) is 0 Å². The van der Waals surface area contributed by atoms with Gasteiger partial charge in [0, 0.05) is 32.2 Å². The number of nitrogens with one attached hydrogen (secondary N) is 1. The van der Waals surface area contributed by atoms with Crippen molar-refractivity contribution in [1.82, 2.24) is 10.2 Å². The summed E-state index contributed by atoms with van der Waals surface area (Å²) in [5.41, 5.74) is -1.49. The van der Waals surface area contributed by atoms with Gasteiger partial charge in [0.15, 0.2) is 0 Å². The van der Waals surface area contributed by atoms with Crippen molar-refractivity contribution < 1.29 is 27.3 Å². The van der Waals surface area contributed by atoms with Gasteiger partial charge in [0.2, 0.25) is 5.91 Å². The van der Waals surface area contributed by atoms with Gasteiger partial charge in [0.05, 0.1) is 29.8 Å². The van der Waals surface area contributed by atoms with Gasteiger partial charge in [0.1, 0.15) is 11.4 Å². The summed E-state index contributed by atoms with van der Waals surface area (Å²) in [6.45, 7) is 2.06. The van der Waals surface area contributed by atoms with Crippen molar-refractivity contribution in [3.63, 3.8) is 0 Å². The first kappa shape index (κ1) is 20.6. The van der Waals surface area contributed by atoms with Crippen molar-refractivity contribution in [3.8, 4) is 0 Å². The zero-order chi connectivity index (χ0) is 21.0. The maximum absolute atomic E-state index is 12.8. The summed E-state index contributed by atoms with van der Waals surface area (Å²) in [5, 5.41) is 14.0. The highest BCUT2D eigenvalue weighted by Crippen LogP contribution is 2.36. The van der Waals surface area contributed by atoms with Crippen LogP contribution in [0.1, 0.15) is 11.3 Å². The third kappa shape index (κ3) is 5.25. The number of alkyl halides is 3. The zero-order valence-electron chi connectivity index (χ0n) is 15.3. The molecule has 8 nitrogen and oxygen atoms in total. The second kappa shape index (κ2) is 8.52. The SMILES string of the molecule is O=C(CN1CCN(c2ccc(C(F)(F)F)cc2[N+](=O)[O-])CC1)NCc1ccco1. The number of carbonyl (C=O) groups is 1. The van der Waals surface area contributed by atoms with Crippen LogP contribution in [-0.2, 0) is 17.5 Å². The van der Waals surface area contributed by atoms with Gasteiger partial charge >= 0.3 is 6.18 Å². The van der Waals surface area contributed by atoms with Crippen molar-refractivity contribution in [2.24, 2.45) is 0 Å². The van der Waals surface area contributed by atoms with Crippen LogP contribution in [0.3, 0.4) is 0 Å². The van der Waals surface area contributed by atoms with Crippen LogP contribution < -0.4 is 10.2 Å². The molecule has 0 radical (unpaired) electrons. The minimum Gasteiger partial charge on any atom is -0.467 e. The molecule has 3 rings (SSSR count). The minimum atomic E-state index is -4.65. The Labute approximate surface area is 164 Å². The molecule has 0 unspecified atom stereocenters. The smallest absolute Gasteiger partial charge is 0.416 e. The van der Waals surface area contributed by atoms with Gasteiger partial charge in [-0.1, -0.05) is 0 Å². The molecule has 1 saturated heterocycles. The van der Waals surface area contributed by atoms with Gasteiger partial charge < -0.3 is 14.6 Å². The summed E-state index contributed by atoms with van der Waals surface area (Å²) in [5.74, 6) is 0.452. The summed E-state index contributed by atoms with van der Waals surface area (Å²) in [4.78, 5) is 26.0. The molecule has 1 amide bonds. The second-order valence-corrected chi connectivity index (χ2v) is 6.58. The van der Waals surface area contributed by atoms with Gasteiger partial charge in [-0.25, -0.2) is 0 Å². The third-order valence-electron chi connectivity index (χ3n) is 4.62. The number of anilines is 1. The van der Waals surface area contributed by atoms with E-state index in [4.69, 9.17) is 4.42 Å². The molecule has 11 heteroatoms. The lowest BCUT2D eigenvalue weighted by atomic mass is 10.1. The molecule has 1 aliphatic heterocycles. The van der Waals surface area contributed by atoms with E-state index in [-0.39, 0.29) is 24.7 Å². The molecule has 2 aromatic rings. The molecule has 1 N–H and O–H groups in total. The average molecular weight is 412 g/mol. The summed E-state index contributed by atoms with van der Waals surface area (Å²) in [6.07, 6.45) is -3.13. The van der Waals surface area contributed by atoms with Gasteiger partial charge in [-0.2, -0.15) is 13.2 Å². The normalized spacial score (nSPS) is 15.3. The maximum Gasteiger partial charge on any atom is 0.416 e. The first-order chi connectivity index (χ1) is 13.7. The molecule has 0 spiro atoms. The van der Waals surface area contributed by atoms with Gasteiger partial charge in [0.25, 0.3) is 5.69 Å². The summed E-state index contributed by atoms with van der Waals surface area (Å²) >= 11 is 0. The number of hydrogen-bond donors (Lipinski definition) is 1. The monoisotopic (exact) mass is 412 g/mol. The van der Waals surface area contributed by atoms with Crippen LogP contribution in [0.5, 0.6) is 0 Å². The van der Waals surface area contributed by atoms with E-state index in [1.165, 1.54) is 6.26 Å². The minimum absolute atomic E-state index is 0.143. The molecular weight excluding hydrogens is 393 g/mol. The Morgan fingerprint density at radius 3 is 2.52 bits per heavy atom. The standard InChI is InChI=1S/C18H19F3N4O4/c19-18(20,21)13-3-4-15(16(10-13)25(27)28)24-7-5-23(6-8-24)12-17(26)22-11-14-2-1-9-29-14/h1-4,9-10H,5-8,11-12H2,(H,22,26). The van der Waals surface area contributed by atoms with Crippen molar-refractivity contribution in [2.75, 3.05) is 37.6 Å². The Kier molecular flexibility index (Phi) is 6.06. The van der Waals surface area contributed by atoms with Gasteiger partial charge in [-0.15, -0.1) is 0 Å². The quantitative estimate of drug-likeness (QED) is 0.579. The Morgan fingerprint density at radius 2 is 1.93 bits per heavy atom. The predicted molar refractivity (Wildman–Crippen MR) is 97.3 cm³/mol. The summed E-state index contributed by atoms with van der Waals surface area (Å²) in [6, 6.07) is 6.00. The Bertz CT molecular complexity index is 862. The Morgan fingerprint density at radius 1 is 1.21 bits per heavy atom. The molecule has 1 aromatic heterocycles.